The van der Waals surface area contributed by atoms with Crippen LogP contribution >= 0.6 is 0 Å². The van der Waals surface area contributed by atoms with Crippen LogP contribution in [-0.4, -0.2) is 22.3 Å². The lowest BCUT2D eigenvalue weighted by Crippen LogP contribution is -2.26. The van der Waals surface area contributed by atoms with Crippen LogP contribution in [0.3, 0.4) is 0 Å². The molecule has 0 atom stereocenters. The van der Waals surface area contributed by atoms with Crippen LogP contribution in [-0.2, 0) is 17.7 Å². The third-order valence-electron chi connectivity index (χ3n) is 3.51. The Bertz CT molecular complexity index is 444. The highest BCUT2D eigenvalue weighted by atomic mass is 16.5. The highest BCUT2D eigenvalue weighted by Gasteiger charge is 2.31. The standard InChI is InChI=1S/C14H23N3O/c1-5-8-17-12(15)11(9-14(2,3)18-4)16-13(17)10-6-7-10/h5,10H,1,6-9,15H2,2-4H3. The van der Waals surface area contributed by atoms with Gasteiger partial charge in [0.2, 0.25) is 0 Å². The first-order chi connectivity index (χ1) is 8.48. The molecule has 1 fully saturated rings. The number of hydrogen-bond acceptors (Lipinski definition) is 3. The zero-order valence-corrected chi connectivity index (χ0v) is 11.6. The van der Waals surface area contributed by atoms with Gasteiger partial charge in [0.05, 0.1) is 11.3 Å². The van der Waals surface area contributed by atoms with Crippen LogP contribution in [0.25, 0.3) is 0 Å². The molecule has 0 saturated heterocycles. The molecule has 1 saturated carbocycles. The third-order valence-corrected chi connectivity index (χ3v) is 3.51. The number of methoxy groups -OCH3 is 1. The molecule has 1 aromatic rings. The number of allylic oxidation sites excluding steroid dienone is 1. The monoisotopic (exact) mass is 249 g/mol. The molecule has 1 aliphatic rings. The van der Waals surface area contributed by atoms with Gasteiger partial charge in [0, 0.05) is 26.0 Å². The molecular weight excluding hydrogens is 226 g/mol. The fourth-order valence-corrected chi connectivity index (χ4v) is 2.11. The normalized spacial score (nSPS) is 15.9. The quantitative estimate of drug-likeness (QED) is 0.788. The van der Waals surface area contributed by atoms with Gasteiger partial charge >= 0.3 is 0 Å². The van der Waals surface area contributed by atoms with Gasteiger partial charge in [-0.3, -0.25) is 0 Å². The second-order valence-corrected chi connectivity index (χ2v) is 5.62. The highest BCUT2D eigenvalue weighted by molar-refractivity contribution is 5.41. The SMILES string of the molecule is C=CCn1c(C2CC2)nc(CC(C)(C)OC)c1N. The average molecular weight is 249 g/mol. The topological polar surface area (TPSA) is 53.1 Å². The van der Waals surface area contributed by atoms with Crippen LogP contribution < -0.4 is 5.73 Å². The van der Waals surface area contributed by atoms with E-state index in [1.165, 1.54) is 12.8 Å². The fraction of sp³-hybridized carbons (Fsp3) is 0.643. The maximum absolute atomic E-state index is 6.21. The number of imidazole rings is 1. The van der Waals surface area contributed by atoms with Crippen LogP contribution in [0, 0.1) is 0 Å². The summed E-state index contributed by atoms with van der Waals surface area (Å²) in [6, 6.07) is 0. The minimum absolute atomic E-state index is 0.234. The Balaban J connectivity index is 2.30. The van der Waals surface area contributed by atoms with Gasteiger partial charge in [-0.1, -0.05) is 6.08 Å². The second kappa shape index (κ2) is 4.76. The lowest BCUT2D eigenvalue weighted by molar-refractivity contribution is 0.0226. The summed E-state index contributed by atoms with van der Waals surface area (Å²) in [5.41, 5.74) is 6.93. The van der Waals surface area contributed by atoms with Gasteiger partial charge in [-0.15, -0.1) is 6.58 Å². The fourth-order valence-electron chi connectivity index (χ4n) is 2.11. The van der Waals surface area contributed by atoms with E-state index in [1.54, 1.807) is 7.11 Å². The van der Waals surface area contributed by atoms with Crippen LogP contribution in [0.2, 0.25) is 0 Å². The zero-order valence-electron chi connectivity index (χ0n) is 11.6. The van der Waals surface area contributed by atoms with Gasteiger partial charge in [0.15, 0.2) is 0 Å². The van der Waals surface area contributed by atoms with E-state index in [0.29, 0.717) is 5.92 Å². The minimum Gasteiger partial charge on any atom is -0.384 e. The van der Waals surface area contributed by atoms with E-state index in [1.807, 2.05) is 6.08 Å². The Morgan fingerprint density at radius 1 is 1.56 bits per heavy atom. The van der Waals surface area contributed by atoms with E-state index in [0.717, 1.165) is 30.3 Å². The number of ether oxygens (including phenoxy) is 1. The number of nitrogens with two attached hydrogens (primary N) is 1. The molecule has 100 valence electrons. The van der Waals surface area contributed by atoms with Crippen molar-refractivity contribution < 1.29 is 4.74 Å². The molecule has 2 rings (SSSR count). The predicted molar refractivity (Wildman–Crippen MR) is 73.6 cm³/mol. The van der Waals surface area contributed by atoms with E-state index in [2.05, 4.69) is 25.0 Å². The maximum atomic E-state index is 6.21. The van der Waals surface area contributed by atoms with Crippen molar-refractivity contribution in [3.8, 4) is 0 Å². The van der Waals surface area contributed by atoms with Crippen molar-refractivity contribution in [1.29, 1.82) is 0 Å². The summed E-state index contributed by atoms with van der Waals surface area (Å²) < 4.78 is 7.55. The summed E-state index contributed by atoms with van der Waals surface area (Å²) in [7, 11) is 1.72. The molecule has 2 N–H and O–H groups in total. The van der Waals surface area contributed by atoms with Gasteiger partial charge in [-0.05, 0) is 26.7 Å². The Hall–Kier alpha value is -1.29. The highest BCUT2D eigenvalue weighted by Crippen LogP contribution is 2.41. The van der Waals surface area contributed by atoms with Crippen molar-refractivity contribution in [2.24, 2.45) is 0 Å². The van der Waals surface area contributed by atoms with Crippen molar-refractivity contribution in [1.82, 2.24) is 9.55 Å². The van der Waals surface area contributed by atoms with Gasteiger partial charge < -0.3 is 15.0 Å². The van der Waals surface area contributed by atoms with E-state index in [9.17, 15) is 0 Å². The first-order valence-electron chi connectivity index (χ1n) is 6.49. The van der Waals surface area contributed by atoms with Crippen molar-refractivity contribution in [3.63, 3.8) is 0 Å². The van der Waals surface area contributed by atoms with Crippen molar-refractivity contribution >= 4 is 5.82 Å². The number of nitrogen functional groups attached to an aromatic ring is 1. The van der Waals surface area contributed by atoms with Crippen molar-refractivity contribution in [2.75, 3.05) is 12.8 Å². The summed E-state index contributed by atoms with van der Waals surface area (Å²) in [6.07, 6.45) is 5.05. The Morgan fingerprint density at radius 2 is 2.22 bits per heavy atom. The molecule has 1 aliphatic carbocycles. The summed E-state index contributed by atoms with van der Waals surface area (Å²) >= 11 is 0. The van der Waals surface area contributed by atoms with E-state index in [4.69, 9.17) is 15.5 Å². The molecule has 4 heteroatoms. The summed E-state index contributed by atoms with van der Waals surface area (Å²) in [5, 5.41) is 0. The lowest BCUT2D eigenvalue weighted by Gasteiger charge is -2.21. The van der Waals surface area contributed by atoms with E-state index in [-0.39, 0.29) is 5.60 Å². The lowest BCUT2D eigenvalue weighted by atomic mass is 10.0. The third kappa shape index (κ3) is 2.58. The molecule has 0 aromatic carbocycles. The molecule has 1 aromatic heterocycles. The molecular formula is C14H23N3O. The van der Waals surface area contributed by atoms with Crippen LogP contribution in [0.4, 0.5) is 5.82 Å². The minimum atomic E-state index is -0.234. The molecule has 0 amide bonds. The molecule has 18 heavy (non-hydrogen) atoms. The Labute approximate surface area is 109 Å². The summed E-state index contributed by atoms with van der Waals surface area (Å²) in [4.78, 5) is 4.73. The van der Waals surface area contributed by atoms with Crippen molar-refractivity contribution in [3.05, 3.63) is 24.2 Å². The summed E-state index contributed by atoms with van der Waals surface area (Å²) in [5.74, 6) is 2.47. The molecule has 0 radical (unpaired) electrons. The van der Waals surface area contributed by atoms with Crippen LogP contribution in [0.1, 0.15) is 44.1 Å². The van der Waals surface area contributed by atoms with Gasteiger partial charge in [0.25, 0.3) is 0 Å². The molecule has 4 nitrogen and oxygen atoms in total. The van der Waals surface area contributed by atoms with Gasteiger partial charge in [0.1, 0.15) is 11.6 Å². The molecule has 0 unspecified atom stereocenters. The van der Waals surface area contributed by atoms with Crippen LogP contribution in [0.5, 0.6) is 0 Å². The number of hydrogen-bond donors (Lipinski definition) is 1. The first kappa shape index (κ1) is 13.1. The van der Waals surface area contributed by atoms with E-state index >= 15 is 0 Å². The Kier molecular flexibility index (Phi) is 3.48. The summed E-state index contributed by atoms with van der Waals surface area (Å²) in [6.45, 7) is 8.63. The number of rotatable bonds is 6. The predicted octanol–water partition coefficient (Wildman–Crippen LogP) is 2.50. The van der Waals surface area contributed by atoms with E-state index < -0.39 is 0 Å². The zero-order chi connectivity index (χ0) is 13.3. The average Bonchev–Trinajstić information content (AvgIpc) is 3.11. The Morgan fingerprint density at radius 3 is 2.72 bits per heavy atom. The largest absolute Gasteiger partial charge is 0.384 e. The first-order valence-corrected chi connectivity index (χ1v) is 6.49. The second-order valence-electron chi connectivity index (χ2n) is 5.62. The number of nitrogens with zero attached hydrogens (tertiary/aromatic N) is 2. The van der Waals surface area contributed by atoms with Crippen molar-refractivity contribution in [2.45, 2.75) is 51.2 Å². The molecule has 0 bridgehead atoms. The number of anilines is 1. The van der Waals surface area contributed by atoms with Gasteiger partial charge in [-0.25, -0.2) is 4.98 Å². The molecule has 0 aliphatic heterocycles. The number of aromatic nitrogens is 2. The maximum Gasteiger partial charge on any atom is 0.127 e. The van der Waals surface area contributed by atoms with Crippen LogP contribution in [0.15, 0.2) is 12.7 Å². The molecule has 1 heterocycles. The molecule has 0 spiro atoms. The van der Waals surface area contributed by atoms with Gasteiger partial charge in [-0.2, -0.15) is 0 Å². The smallest absolute Gasteiger partial charge is 0.127 e.